The first-order chi connectivity index (χ1) is 7.04. The molecule has 1 amide bonds. The Morgan fingerprint density at radius 3 is 2.47 bits per heavy atom. The highest BCUT2D eigenvalue weighted by Crippen LogP contribution is 2.07. The molecule has 3 heteroatoms. The summed E-state index contributed by atoms with van der Waals surface area (Å²) in [5, 5.41) is 8.77. The first-order valence-electron chi connectivity index (χ1n) is 5.63. The molecule has 0 bridgehead atoms. The van der Waals surface area contributed by atoms with Crippen molar-refractivity contribution in [2.45, 2.75) is 46.6 Å². The highest BCUT2D eigenvalue weighted by molar-refractivity contribution is 5.92. The van der Waals surface area contributed by atoms with Crippen LogP contribution in [0, 0.1) is 0 Å². The smallest absolute Gasteiger partial charge is 0.249 e. The second-order valence-electron chi connectivity index (χ2n) is 3.96. The van der Waals surface area contributed by atoms with Crippen LogP contribution in [0.25, 0.3) is 0 Å². The molecule has 88 valence electrons. The molecule has 0 aromatic carbocycles. The summed E-state index contributed by atoms with van der Waals surface area (Å²) in [6.07, 6.45) is 3.46. The molecule has 0 aliphatic carbocycles. The van der Waals surface area contributed by atoms with Crippen molar-refractivity contribution in [3.63, 3.8) is 0 Å². The summed E-state index contributed by atoms with van der Waals surface area (Å²) in [6, 6.07) is 0.184. The molecule has 0 aliphatic rings. The number of carbonyl (C=O) groups excluding carboxylic acids is 1. The molecule has 3 nitrogen and oxygen atoms in total. The zero-order valence-corrected chi connectivity index (χ0v) is 10.3. The van der Waals surface area contributed by atoms with Crippen LogP contribution < -0.4 is 0 Å². The van der Waals surface area contributed by atoms with E-state index in [1.165, 1.54) is 0 Å². The normalized spacial score (nSPS) is 12.0. The number of nitrogens with zero attached hydrogens (tertiary/aromatic N) is 1. The number of allylic oxidation sites excluding steroid dienone is 1. The number of aliphatic hydroxyl groups excluding tert-OH is 1. The molecule has 0 aromatic rings. The highest BCUT2D eigenvalue weighted by Gasteiger charge is 2.17. The molecule has 0 saturated heterocycles. The fourth-order valence-corrected chi connectivity index (χ4v) is 1.46. The van der Waals surface area contributed by atoms with E-state index in [9.17, 15) is 4.79 Å². The van der Waals surface area contributed by atoms with Crippen LogP contribution in [0.2, 0.25) is 0 Å². The average molecular weight is 213 g/mol. The Labute approximate surface area is 92.8 Å². The van der Waals surface area contributed by atoms with Gasteiger partial charge in [0.25, 0.3) is 0 Å². The quantitative estimate of drug-likeness (QED) is 0.685. The van der Waals surface area contributed by atoms with Gasteiger partial charge in [-0.1, -0.05) is 13.0 Å². The predicted molar refractivity (Wildman–Crippen MR) is 62.6 cm³/mol. The van der Waals surface area contributed by atoms with Crippen molar-refractivity contribution in [1.29, 1.82) is 0 Å². The molecule has 0 saturated carbocycles. The lowest BCUT2D eigenvalue weighted by molar-refractivity contribution is -0.128. The van der Waals surface area contributed by atoms with Gasteiger partial charge in [-0.2, -0.15) is 0 Å². The number of rotatable bonds is 6. The molecule has 0 spiro atoms. The first kappa shape index (κ1) is 14.2. The highest BCUT2D eigenvalue weighted by atomic mass is 16.3. The molecular weight excluding hydrogens is 190 g/mol. The van der Waals surface area contributed by atoms with Crippen LogP contribution in [0.15, 0.2) is 11.6 Å². The molecule has 0 rings (SSSR count). The molecule has 0 fully saturated rings. The second-order valence-corrected chi connectivity index (χ2v) is 3.96. The Kier molecular flexibility index (Phi) is 7.05. The molecule has 0 radical (unpaired) electrons. The molecule has 0 atom stereocenters. The van der Waals surface area contributed by atoms with E-state index in [4.69, 9.17) is 5.11 Å². The van der Waals surface area contributed by atoms with Crippen molar-refractivity contribution in [1.82, 2.24) is 4.90 Å². The summed E-state index contributed by atoms with van der Waals surface area (Å²) in [6.45, 7) is 8.61. The molecule has 0 aliphatic heterocycles. The molecule has 15 heavy (non-hydrogen) atoms. The van der Waals surface area contributed by atoms with Crippen LogP contribution in [-0.4, -0.2) is 35.1 Å². The van der Waals surface area contributed by atoms with E-state index >= 15 is 0 Å². The van der Waals surface area contributed by atoms with Gasteiger partial charge in [0, 0.05) is 24.8 Å². The van der Waals surface area contributed by atoms with Gasteiger partial charge in [0.15, 0.2) is 0 Å². The SMILES string of the molecule is CC/C=C(\C)C(=O)N(CCCO)C(C)C. The maximum atomic E-state index is 12.0. The van der Waals surface area contributed by atoms with Crippen LogP contribution in [0.4, 0.5) is 0 Å². The monoisotopic (exact) mass is 213 g/mol. The Morgan fingerprint density at radius 1 is 1.47 bits per heavy atom. The van der Waals surface area contributed by atoms with Crippen molar-refractivity contribution in [2.24, 2.45) is 0 Å². The van der Waals surface area contributed by atoms with Gasteiger partial charge in [0.05, 0.1) is 0 Å². The Morgan fingerprint density at radius 2 is 2.07 bits per heavy atom. The lowest BCUT2D eigenvalue weighted by Crippen LogP contribution is -2.38. The van der Waals surface area contributed by atoms with Gasteiger partial charge in [0.2, 0.25) is 5.91 Å². The van der Waals surface area contributed by atoms with Crippen LogP contribution in [0.3, 0.4) is 0 Å². The van der Waals surface area contributed by atoms with E-state index in [1.807, 2.05) is 33.8 Å². The van der Waals surface area contributed by atoms with Gasteiger partial charge in [-0.3, -0.25) is 4.79 Å². The topological polar surface area (TPSA) is 40.5 Å². The van der Waals surface area contributed by atoms with E-state index in [1.54, 1.807) is 4.90 Å². The minimum Gasteiger partial charge on any atom is -0.396 e. The van der Waals surface area contributed by atoms with Gasteiger partial charge in [-0.15, -0.1) is 0 Å². The number of hydrogen-bond acceptors (Lipinski definition) is 2. The van der Waals surface area contributed by atoms with E-state index in [0.717, 1.165) is 12.0 Å². The largest absolute Gasteiger partial charge is 0.396 e. The maximum Gasteiger partial charge on any atom is 0.249 e. The van der Waals surface area contributed by atoms with Crippen LogP contribution in [0.5, 0.6) is 0 Å². The third-order valence-electron chi connectivity index (χ3n) is 2.29. The van der Waals surface area contributed by atoms with E-state index in [2.05, 4.69) is 0 Å². The van der Waals surface area contributed by atoms with Crippen molar-refractivity contribution < 1.29 is 9.90 Å². The van der Waals surface area contributed by atoms with Crippen LogP contribution in [0.1, 0.15) is 40.5 Å². The number of amides is 1. The summed E-state index contributed by atoms with van der Waals surface area (Å²) >= 11 is 0. The Hall–Kier alpha value is -0.830. The molecule has 0 unspecified atom stereocenters. The van der Waals surface area contributed by atoms with E-state index in [-0.39, 0.29) is 18.6 Å². The minimum atomic E-state index is 0.0836. The summed E-state index contributed by atoms with van der Waals surface area (Å²) < 4.78 is 0. The molecule has 0 aromatic heterocycles. The van der Waals surface area contributed by atoms with Gasteiger partial charge in [-0.25, -0.2) is 0 Å². The summed E-state index contributed by atoms with van der Waals surface area (Å²) in [5.41, 5.74) is 0.795. The Balaban J connectivity index is 4.48. The first-order valence-corrected chi connectivity index (χ1v) is 5.63. The van der Waals surface area contributed by atoms with Crippen LogP contribution >= 0.6 is 0 Å². The summed E-state index contributed by atoms with van der Waals surface area (Å²) in [4.78, 5) is 13.8. The average Bonchev–Trinajstić information content (AvgIpc) is 2.18. The fraction of sp³-hybridized carbons (Fsp3) is 0.750. The lowest BCUT2D eigenvalue weighted by Gasteiger charge is -2.26. The number of aliphatic hydroxyl groups is 1. The van der Waals surface area contributed by atoms with Crippen molar-refractivity contribution >= 4 is 5.91 Å². The standard InChI is InChI=1S/C12H23NO2/c1-5-7-11(4)12(15)13(10(2)3)8-6-9-14/h7,10,14H,5-6,8-9H2,1-4H3/b11-7+. The van der Waals surface area contributed by atoms with E-state index in [0.29, 0.717) is 13.0 Å². The van der Waals surface area contributed by atoms with Crippen LogP contribution in [-0.2, 0) is 4.79 Å². The summed E-state index contributed by atoms with van der Waals surface area (Å²) in [7, 11) is 0. The zero-order chi connectivity index (χ0) is 11.8. The molecular formula is C12H23NO2. The zero-order valence-electron chi connectivity index (χ0n) is 10.3. The van der Waals surface area contributed by atoms with Crippen molar-refractivity contribution in [2.75, 3.05) is 13.2 Å². The van der Waals surface area contributed by atoms with Gasteiger partial charge >= 0.3 is 0 Å². The molecule has 0 heterocycles. The minimum absolute atomic E-state index is 0.0836. The third kappa shape index (κ3) is 4.98. The van der Waals surface area contributed by atoms with Crippen molar-refractivity contribution in [3.05, 3.63) is 11.6 Å². The predicted octanol–water partition coefficient (Wildman–Crippen LogP) is 1.96. The number of hydrogen-bond donors (Lipinski definition) is 1. The number of carbonyl (C=O) groups is 1. The van der Waals surface area contributed by atoms with Crippen molar-refractivity contribution in [3.8, 4) is 0 Å². The summed E-state index contributed by atoms with van der Waals surface area (Å²) in [5.74, 6) is 0.0836. The lowest BCUT2D eigenvalue weighted by atomic mass is 10.2. The second kappa shape index (κ2) is 7.46. The van der Waals surface area contributed by atoms with Gasteiger partial charge in [-0.05, 0) is 33.6 Å². The Bertz CT molecular complexity index is 222. The molecule has 1 N–H and O–H groups in total. The van der Waals surface area contributed by atoms with Gasteiger partial charge in [0.1, 0.15) is 0 Å². The van der Waals surface area contributed by atoms with E-state index < -0.39 is 0 Å². The third-order valence-corrected chi connectivity index (χ3v) is 2.29. The van der Waals surface area contributed by atoms with Gasteiger partial charge < -0.3 is 10.0 Å². The fourth-order valence-electron chi connectivity index (χ4n) is 1.46. The maximum absolute atomic E-state index is 12.0.